The normalized spacial score (nSPS) is 34.9. The molecule has 13 heteroatoms. The molecule has 0 aromatic rings. The monoisotopic (exact) mass is 434 g/mol. The Morgan fingerprint density at radius 2 is 1.07 bits per heavy atom. The van der Waals surface area contributed by atoms with E-state index in [1.54, 1.807) is 0 Å². The Bertz CT molecular complexity index is 673. The molecule has 0 atom stereocenters. The maximum Gasteiger partial charge on any atom is 0.460 e. The topological polar surface area (TPSA) is 43.4 Å². The van der Waals surface area contributed by atoms with Crippen LogP contribution in [0.2, 0.25) is 0 Å². The maximum atomic E-state index is 13.8. The Morgan fingerprint density at radius 1 is 0.667 bits per heavy atom. The van der Waals surface area contributed by atoms with Crippen LogP contribution in [0.15, 0.2) is 0 Å². The Kier molecular flexibility index (Phi) is 4.59. The molecule has 0 spiro atoms. The van der Waals surface area contributed by atoms with E-state index in [1.807, 2.05) is 0 Å². The third-order valence-corrected chi connectivity index (χ3v) is 7.17. The Balaban J connectivity index is 1.87. The second-order valence-electron chi connectivity index (χ2n) is 7.61. The van der Waals surface area contributed by atoms with E-state index in [9.17, 15) is 47.9 Å². The van der Waals surface area contributed by atoms with Gasteiger partial charge in [0.25, 0.3) is 0 Å². The van der Waals surface area contributed by atoms with Crippen molar-refractivity contribution in [3.8, 4) is 0 Å². The van der Waals surface area contributed by atoms with Gasteiger partial charge >= 0.3 is 33.4 Å². The van der Waals surface area contributed by atoms with E-state index >= 15 is 0 Å². The fraction of sp³-hybridized carbons (Fsp3) is 1.00. The third kappa shape index (κ3) is 2.94. The van der Waals surface area contributed by atoms with E-state index in [4.69, 9.17) is 0 Å². The van der Waals surface area contributed by atoms with Crippen LogP contribution in [-0.4, -0.2) is 37.8 Å². The number of halogens is 9. The molecule has 4 aliphatic rings. The van der Waals surface area contributed by atoms with Crippen molar-refractivity contribution in [1.82, 2.24) is 0 Å². The second kappa shape index (κ2) is 5.90. The summed E-state index contributed by atoms with van der Waals surface area (Å²) in [5.41, 5.74) is 0. The molecule has 0 amide bonds. The smallest absolute Gasteiger partial charge is 0.261 e. The van der Waals surface area contributed by atoms with Gasteiger partial charge in [-0.3, -0.25) is 4.18 Å². The van der Waals surface area contributed by atoms with Crippen LogP contribution in [0.4, 0.5) is 39.5 Å². The average molecular weight is 434 g/mol. The number of alkyl halides is 9. The molecule has 0 aromatic carbocycles. The zero-order valence-corrected chi connectivity index (χ0v) is 14.3. The lowest BCUT2D eigenvalue weighted by Crippen LogP contribution is -2.64. The summed E-state index contributed by atoms with van der Waals surface area (Å²) in [4.78, 5) is 0. The summed E-state index contributed by atoms with van der Waals surface area (Å²) in [5.74, 6) is -15.2. The molecule has 4 aliphatic carbocycles. The van der Waals surface area contributed by atoms with Crippen LogP contribution in [0.1, 0.15) is 32.1 Å². The SMILES string of the molecule is O=S(=O)(OC1C2CC3CC(C2)CC1C3)C(F)(F)C(F)(F)C(F)(F)C(F)(F)F. The van der Waals surface area contributed by atoms with Crippen LogP contribution in [-0.2, 0) is 14.3 Å². The molecular weight excluding hydrogens is 419 g/mol. The van der Waals surface area contributed by atoms with Crippen molar-refractivity contribution in [2.75, 3.05) is 0 Å². The zero-order valence-electron chi connectivity index (χ0n) is 13.5. The highest BCUT2D eigenvalue weighted by Crippen LogP contribution is 2.58. The minimum absolute atomic E-state index is 0.214. The highest BCUT2D eigenvalue weighted by Gasteiger charge is 2.86. The molecule has 158 valence electrons. The standard InChI is InChI=1S/C14H15F9O3S/c15-11(16,13(19,20)21)12(17,18)14(22,23)27(24,25)26-10-8-2-6-1-7(4-8)5-9(10)3-6/h6-10H,1-5H2. The molecule has 0 radical (unpaired) electrons. The molecule has 4 saturated carbocycles. The van der Waals surface area contributed by atoms with E-state index in [0.717, 1.165) is 6.42 Å². The summed E-state index contributed by atoms with van der Waals surface area (Å²) in [6.07, 6.45) is -6.00. The van der Waals surface area contributed by atoms with Gasteiger partial charge < -0.3 is 0 Å². The fourth-order valence-corrected chi connectivity index (χ4v) is 5.93. The van der Waals surface area contributed by atoms with Crippen molar-refractivity contribution in [2.24, 2.45) is 23.7 Å². The molecule has 4 rings (SSSR count). The van der Waals surface area contributed by atoms with Crippen molar-refractivity contribution >= 4 is 10.1 Å². The summed E-state index contributed by atoms with van der Waals surface area (Å²) in [6, 6.07) is 0. The lowest BCUT2D eigenvalue weighted by Gasteiger charge is -2.53. The van der Waals surface area contributed by atoms with Crippen LogP contribution < -0.4 is 0 Å². The highest BCUT2D eigenvalue weighted by molar-refractivity contribution is 7.87. The third-order valence-electron chi connectivity index (χ3n) is 5.81. The predicted molar refractivity (Wildman–Crippen MR) is 71.7 cm³/mol. The molecule has 0 heterocycles. The zero-order chi connectivity index (χ0) is 20.6. The van der Waals surface area contributed by atoms with Crippen molar-refractivity contribution in [3.05, 3.63) is 0 Å². The van der Waals surface area contributed by atoms with Gasteiger partial charge in [-0.05, 0) is 55.8 Å². The number of hydrogen-bond acceptors (Lipinski definition) is 3. The van der Waals surface area contributed by atoms with Crippen LogP contribution in [0.25, 0.3) is 0 Å². The molecule has 0 N–H and O–H groups in total. The summed E-state index contributed by atoms with van der Waals surface area (Å²) in [7, 11) is -6.77. The first kappa shape index (κ1) is 21.0. The van der Waals surface area contributed by atoms with Gasteiger partial charge in [0, 0.05) is 0 Å². The minimum atomic E-state index is -7.27. The molecule has 0 saturated heterocycles. The molecule has 3 nitrogen and oxygen atoms in total. The first-order valence-corrected chi connectivity index (χ1v) is 9.55. The highest BCUT2D eigenvalue weighted by atomic mass is 32.2. The number of rotatable bonds is 5. The van der Waals surface area contributed by atoms with E-state index in [1.165, 1.54) is 0 Å². The minimum Gasteiger partial charge on any atom is -0.261 e. The van der Waals surface area contributed by atoms with Crippen LogP contribution in [0.5, 0.6) is 0 Å². The van der Waals surface area contributed by atoms with Crippen molar-refractivity contribution < 1.29 is 52.1 Å². The van der Waals surface area contributed by atoms with Crippen molar-refractivity contribution in [2.45, 2.75) is 61.5 Å². The van der Waals surface area contributed by atoms with E-state index in [0.29, 0.717) is 25.7 Å². The molecule has 0 unspecified atom stereocenters. The molecule has 0 aliphatic heterocycles. The van der Waals surface area contributed by atoms with E-state index in [2.05, 4.69) is 4.18 Å². The molecular formula is C14H15F9O3S. The molecule has 4 fully saturated rings. The van der Waals surface area contributed by atoms with Gasteiger partial charge in [0.1, 0.15) is 0 Å². The quantitative estimate of drug-likeness (QED) is 0.470. The molecule has 27 heavy (non-hydrogen) atoms. The molecule has 4 bridgehead atoms. The Morgan fingerprint density at radius 3 is 1.44 bits per heavy atom. The second-order valence-corrected chi connectivity index (χ2v) is 9.22. The number of hydrogen-bond donors (Lipinski definition) is 0. The van der Waals surface area contributed by atoms with Crippen molar-refractivity contribution in [1.29, 1.82) is 0 Å². The van der Waals surface area contributed by atoms with Crippen LogP contribution in [0.3, 0.4) is 0 Å². The van der Waals surface area contributed by atoms with Gasteiger partial charge in [0.2, 0.25) is 0 Å². The average Bonchev–Trinajstić information content (AvgIpc) is 2.48. The lowest BCUT2D eigenvalue weighted by molar-refractivity contribution is -0.383. The van der Waals surface area contributed by atoms with E-state index < -0.39 is 51.3 Å². The summed E-state index contributed by atoms with van der Waals surface area (Å²) >= 11 is 0. The van der Waals surface area contributed by atoms with Crippen molar-refractivity contribution in [3.63, 3.8) is 0 Å². The van der Waals surface area contributed by atoms with Gasteiger partial charge in [-0.25, -0.2) is 0 Å². The van der Waals surface area contributed by atoms with Gasteiger partial charge in [0.05, 0.1) is 6.10 Å². The van der Waals surface area contributed by atoms with E-state index in [-0.39, 0.29) is 11.8 Å². The molecule has 0 aromatic heterocycles. The summed E-state index contributed by atoms with van der Waals surface area (Å²) < 4.78 is 144. The maximum absolute atomic E-state index is 13.8. The first-order valence-electron chi connectivity index (χ1n) is 8.14. The van der Waals surface area contributed by atoms with Gasteiger partial charge in [0.15, 0.2) is 0 Å². The van der Waals surface area contributed by atoms with Gasteiger partial charge in [-0.15, -0.1) is 0 Å². The summed E-state index contributed by atoms with van der Waals surface area (Å²) in [6.45, 7) is 0. The Labute approximate surface area is 148 Å². The van der Waals surface area contributed by atoms with Crippen LogP contribution >= 0.6 is 0 Å². The lowest BCUT2D eigenvalue weighted by atomic mass is 9.55. The largest absolute Gasteiger partial charge is 0.460 e. The van der Waals surface area contributed by atoms with Crippen LogP contribution in [0, 0.1) is 23.7 Å². The van der Waals surface area contributed by atoms with Gasteiger partial charge in [-0.2, -0.15) is 47.9 Å². The first-order chi connectivity index (χ1) is 12.0. The van der Waals surface area contributed by atoms with Gasteiger partial charge in [-0.1, -0.05) is 0 Å². The fourth-order valence-electron chi connectivity index (χ4n) is 4.76. The Hall–Kier alpha value is -0.720. The summed E-state index contributed by atoms with van der Waals surface area (Å²) in [5, 5.41) is -6.77. The predicted octanol–water partition coefficient (Wildman–Crippen LogP) is 4.58.